The molecule has 2 aliphatic carbocycles. The molecule has 0 aromatic carbocycles. The average molecular weight is 417 g/mol. The number of hydrogen-bond donors (Lipinski definition) is 2. The van der Waals surface area contributed by atoms with Gasteiger partial charge in [0.15, 0.2) is 0 Å². The summed E-state index contributed by atoms with van der Waals surface area (Å²) in [6.45, 7) is 6.63. The van der Waals surface area contributed by atoms with Gasteiger partial charge < -0.3 is 15.2 Å². The maximum Gasteiger partial charge on any atom is 0.146 e. The summed E-state index contributed by atoms with van der Waals surface area (Å²) in [6, 6.07) is 0.394. The second-order valence-electron chi connectivity index (χ2n) is 9.06. The highest BCUT2D eigenvalue weighted by Crippen LogP contribution is 2.40. The van der Waals surface area contributed by atoms with Crippen molar-refractivity contribution in [1.82, 2.24) is 14.9 Å². The van der Waals surface area contributed by atoms with E-state index in [4.69, 9.17) is 14.7 Å². The fourth-order valence-electron chi connectivity index (χ4n) is 4.93. The summed E-state index contributed by atoms with van der Waals surface area (Å²) in [5.41, 5.74) is 1.49. The lowest BCUT2D eigenvalue weighted by atomic mass is 9.89. The van der Waals surface area contributed by atoms with Crippen molar-refractivity contribution in [2.45, 2.75) is 70.6 Å². The number of aromatic nitrogens is 2. The van der Waals surface area contributed by atoms with Gasteiger partial charge in [-0.2, -0.15) is 0 Å². The summed E-state index contributed by atoms with van der Waals surface area (Å²) in [7, 11) is 0. The Morgan fingerprint density at radius 2 is 1.93 bits per heavy atom. The van der Waals surface area contributed by atoms with Gasteiger partial charge in [-0.1, -0.05) is 6.92 Å². The number of aliphatic hydroxyl groups excluding tert-OH is 1. The summed E-state index contributed by atoms with van der Waals surface area (Å²) >= 11 is 1.88. The molecule has 7 heteroatoms. The standard InChI is InChI=1S/C22H32N4O2S/c1-14-2-7-17-18(12-14)29-22-20(17)21(23-15-3-5-16(27)6-4-15)24-19(25-22)13-26-8-10-28-11-9-26/h14-16,27H,2-13H2,1H3,(H,23,24,25)/t14-,15?,16?/m1/s1. The van der Waals surface area contributed by atoms with Crippen LogP contribution in [0.4, 0.5) is 5.82 Å². The minimum atomic E-state index is -0.134. The number of thiophene rings is 1. The van der Waals surface area contributed by atoms with E-state index in [9.17, 15) is 5.11 Å². The van der Waals surface area contributed by atoms with Gasteiger partial charge in [-0.3, -0.25) is 4.90 Å². The van der Waals surface area contributed by atoms with Crippen LogP contribution in [0.2, 0.25) is 0 Å². The fraction of sp³-hybridized carbons (Fsp3) is 0.727. The Labute approximate surface area is 176 Å². The molecule has 1 saturated carbocycles. The fourth-order valence-corrected chi connectivity index (χ4v) is 6.34. The normalized spacial score (nSPS) is 28.4. The Balaban J connectivity index is 1.48. The quantitative estimate of drug-likeness (QED) is 0.796. The number of ether oxygens (including phenoxy) is 1. The van der Waals surface area contributed by atoms with Crippen LogP contribution in [-0.4, -0.2) is 58.4 Å². The smallest absolute Gasteiger partial charge is 0.146 e. The molecule has 0 spiro atoms. The van der Waals surface area contributed by atoms with Crippen molar-refractivity contribution in [2.75, 3.05) is 31.6 Å². The third-order valence-corrected chi connectivity index (χ3v) is 7.86. The highest BCUT2D eigenvalue weighted by atomic mass is 32.1. The zero-order valence-corrected chi connectivity index (χ0v) is 18.1. The van der Waals surface area contributed by atoms with Crippen LogP contribution >= 0.6 is 11.3 Å². The van der Waals surface area contributed by atoms with Gasteiger partial charge in [-0.05, 0) is 56.4 Å². The SMILES string of the molecule is C[C@@H]1CCc2c(sc3nc(CN4CCOCC4)nc(NC4CCC(O)CC4)c23)C1. The zero-order valence-electron chi connectivity index (χ0n) is 17.3. The minimum Gasteiger partial charge on any atom is -0.393 e. The Morgan fingerprint density at radius 3 is 2.72 bits per heavy atom. The van der Waals surface area contributed by atoms with Gasteiger partial charge in [0.2, 0.25) is 0 Å². The number of morpholine rings is 1. The molecule has 1 saturated heterocycles. The van der Waals surface area contributed by atoms with Gasteiger partial charge in [0, 0.05) is 24.0 Å². The van der Waals surface area contributed by atoms with Crippen molar-refractivity contribution in [3.63, 3.8) is 0 Å². The van der Waals surface area contributed by atoms with E-state index in [0.29, 0.717) is 6.04 Å². The monoisotopic (exact) mass is 416 g/mol. The first-order valence-electron chi connectivity index (χ1n) is 11.2. The number of anilines is 1. The number of nitrogens with one attached hydrogen (secondary N) is 1. The molecule has 0 bridgehead atoms. The van der Waals surface area contributed by atoms with Crippen molar-refractivity contribution < 1.29 is 9.84 Å². The van der Waals surface area contributed by atoms with Crippen molar-refractivity contribution in [2.24, 2.45) is 5.92 Å². The molecular weight excluding hydrogens is 384 g/mol. The number of rotatable bonds is 4. The summed E-state index contributed by atoms with van der Waals surface area (Å²) < 4.78 is 5.49. The second kappa shape index (κ2) is 8.46. The van der Waals surface area contributed by atoms with Crippen LogP contribution in [0.1, 0.15) is 55.3 Å². The van der Waals surface area contributed by atoms with E-state index in [-0.39, 0.29) is 6.10 Å². The summed E-state index contributed by atoms with van der Waals surface area (Å²) in [6.07, 6.45) is 7.21. The maximum absolute atomic E-state index is 9.87. The molecule has 29 heavy (non-hydrogen) atoms. The molecule has 1 atom stereocenters. The lowest BCUT2D eigenvalue weighted by Crippen LogP contribution is -2.36. The number of hydrogen-bond acceptors (Lipinski definition) is 7. The molecule has 6 nitrogen and oxygen atoms in total. The van der Waals surface area contributed by atoms with E-state index in [2.05, 4.69) is 17.1 Å². The van der Waals surface area contributed by atoms with Gasteiger partial charge >= 0.3 is 0 Å². The molecule has 2 aromatic rings. The molecule has 5 rings (SSSR count). The molecule has 158 valence electrons. The third kappa shape index (κ3) is 4.29. The molecule has 0 amide bonds. The lowest BCUT2D eigenvalue weighted by Gasteiger charge is -2.28. The highest BCUT2D eigenvalue weighted by Gasteiger charge is 2.26. The van der Waals surface area contributed by atoms with E-state index in [0.717, 1.165) is 87.3 Å². The second-order valence-corrected chi connectivity index (χ2v) is 10.1. The number of aliphatic hydroxyl groups is 1. The van der Waals surface area contributed by atoms with E-state index in [1.54, 1.807) is 0 Å². The predicted octanol–water partition coefficient (Wildman–Crippen LogP) is 3.36. The first-order valence-corrected chi connectivity index (χ1v) is 12.0. The van der Waals surface area contributed by atoms with E-state index in [1.165, 1.54) is 28.7 Å². The largest absolute Gasteiger partial charge is 0.393 e. The molecule has 0 radical (unpaired) electrons. The van der Waals surface area contributed by atoms with Crippen LogP contribution in [0.15, 0.2) is 0 Å². The highest BCUT2D eigenvalue weighted by molar-refractivity contribution is 7.19. The number of nitrogens with zero attached hydrogens (tertiary/aromatic N) is 3. The summed E-state index contributed by atoms with van der Waals surface area (Å²) in [4.78, 5) is 15.1. The van der Waals surface area contributed by atoms with Crippen LogP contribution in [0, 0.1) is 5.92 Å². The van der Waals surface area contributed by atoms with E-state index >= 15 is 0 Å². The molecular formula is C22H32N4O2S. The number of aryl methyl sites for hydroxylation is 1. The van der Waals surface area contributed by atoms with Crippen molar-refractivity contribution >= 4 is 27.4 Å². The summed E-state index contributed by atoms with van der Waals surface area (Å²) in [5.74, 6) is 2.71. The maximum atomic E-state index is 9.87. The molecule has 3 heterocycles. The zero-order chi connectivity index (χ0) is 19.8. The molecule has 1 aliphatic heterocycles. The van der Waals surface area contributed by atoms with Crippen LogP contribution in [0.25, 0.3) is 10.2 Å². The predicted molar refractivity (Wildman–Crippen MR) is 117 cm³/mol. The third-order valence-electron chi connectivity index (χ3n) is 6.71. The van der Waals surface area contributed by atoms with E-state index in [1.807, 2.05) is 11.3 Å². The van der Waals surface area contributed by atoms with Crippen molar-refractivity contribution in [1.29, 1.82) is 0 Å². The van der Waals surface area contributed by atoms with Crippen molar-refractivity contribution in [3.8, 4) is 0 Å². The van der Waals surface area contributed by atoms with Crippen molar-refractivity contribution in [3.05, 3.63) is 16.3 Å². The Kier molecular flexibility index (Phi) is 5.74. The van der Waals surface area contributed by atoms with Crippen LogP contribution < -0.4 is 5.32 Å². The minimum absolute atomic E-state index is 0.134. The Bertz CT molecular complexity index is 856. The van der Waals surface area contributed by atoms with Gasteiger partial charge in [-0.25, -0.2) is 9.97 Å². The first kappa shape index (κ1) is 19.7. The average Bonchev–Trinajstić information content (AvgIpc) is 3.08. The Hall–Kier alpha value is -1.28. The molecule has 3 aliphatic rings. The number of fused-ring (bicyclic) bond motifs is 3. The topological polar surface area (TPSA) is 70.5 Å². The van der Waals surface area contributed by atoms with Crippen LogP contribution in [0.3, 0.4) is 0 Å². The van der Waals surface area contributed by atoms with Crippen LogP contribution in [-0.2, 0) is 24.1 Å². The van der Waals surface area contributed by atoms with E-state index < -0.39 is 0 Å². The molecule has 2 N–H and O–H groups in total. The van der Waals surface area contributed by atoms with Crippen LogP contribution in [0.5, 0.6) is 0 Å². The molecule has 2 aromatic heterocycles. The first-order chi connectivity index (χ1) is 14.2. The van der Waals surface area contributed by atoms with Gasteiger partial charge in [0.05, 0.1) is 31.2 Å². The molecule has 2 fully saturated rings. The molecule has 0 unspecified atom stereocenters. The Morgan fingerprint density at radius 1 is 1.14 bits per heavy atom. The van der Waals surface area contributed by atoms with Gasteiger partial charge in [0.1, 0.15) is 16.5 Å². The lowest BCUT2D eigenvalue weighted by molar-refractivity contribution is 0.0331. The van der Waals surface area contributed by atoms with Gasteiger partial charge in [-0.15, -0.1) is 11.3 Å². The summed E-state index contributed by atoms with van der Waals surface area (Å²) in [5, 5.41) is 14.9. The van der Waals surface area contributed by atoms with Gasteiger partial charge in [0.25, 0.3) is 0 Å².